The van der Waals surface area contributed by atoms with Crippen LogP contribution in [-0.4, -0.2) is 24.2 Å². The lowest BCUT2D eigenvalue weighted by Crippen LogP contribution is -2.32. The normalized spacial score (nSPS) is 11.2. The minimum absolute atomic E-state index is 0.0395. The van der Waals surface area contributed by atoms with Gasteiger partial charge in [0.2, 0.25) is 0 Å². The Morgan fingerprint density at radius 3 is 2.42 bits per heavy atom. The van der Waals surface area contributed by atoms with E-state index in [0.717, 1.165) is 10.4 Å². The molecule has 0 aliphatic carbocycles. The third-order valence-corrected chi connectivity index (χ3v) is 5.42. The summed E-state index contributed by atoms with van der Waals surface area (Å²) < 4.78 is 26.8. The quantitative estimate of drug-likeness (QED) is 0.455. The molecule has 0 aromatic heterocycles. The van der Waals surface area contributed by atoms with E-state index in [4.69, 9.17) is 5.26 Å². The highest BCUT2D eigenvalue weighted by Gasteiger charge is 2.33. The van der Waals surface area contributed by atoms with Crippen LogP contribution in [0.15, 0.2) is 53.4 Å². The molecule has 2 aromatic carbocycles. The number of nitriles is 1. The van der Waals surface area contributed by atoms with E-state index in [2.05, 4.69) is 0 Å². The smallest absolute Gasteiger partial charge is 0.258 e. The summed E-state index contributed by atoms with van der Waals surface area (Å²) in [7, 11) is -4.20. The Kier molecular flexibility index (Phi) is 5.28. The van der Waals surface area contributed by atoms with Crippen molar-refractivity contribution in [2.75, 3.05) is 6.54 Å². The summed E-state index contributed by atoms with van der Waals surface area (Å²) in [4.78, 5) is 10.1. The van der Waals surface area contributed by atoms with E-state index in [1.54, 1.807) is 30.3 Å². The molecule has 0 radical (unpaired) electrons. The van der Waals surface area contributed by atoms with Crippen molar-refractivity contribution >= 4 is 15.7 Å². The van der Waals surface area contributed by atoms with Crippen LogP contribution in [0.25, 0.3) is 0 Å². The fourth-order valence-corrected chi connectivity index (χ4v) is 4.02. The summed E-state index contributed by atoms with van der Waals surface area (Å²) in [6.45, 7) is 1.05. The second-order valence-electron chi connectivity index (χ2n) is 5.10. The van der Waals surface area contributed by atoms with Gasteiger partial charge in [-0.1, -0.05) is 42.5 Å². The molecule has 0 aliphatic heterocycles. The summed E-state index contributed by atoms with van der Waals surface area (Å²) in [5, 5.41) is 20.2. The Hall–Kier alpha value is -2.76. The van der Waals surface area contributed by atoms with Crippen molar-refractivity contribution in [3.8, 4) is 6.07 Å². The van der Waals surface area contributed by atoms with Gasteiger partial charge in [-0.05, 0) is 18.1 Å². The number of benzene rings is 2. The van der Waals surface area contributed by atoms with Gasteiger partial charge in [0.1, 0.15) is 6.54 Å². The van der Waals surface area contributed by atoms with E-state index >= 15 is 0 Å². The molecule has 0 aliphatic rings. The Morgan fingerprint density at radius 1 is 1.17 bits per heavy atom. The number of aryl methyl sites for hydroxylation is 1. The van der Waals surface area contributed by atoms with Crippen molar-refractivity contribution in [3.05, 3.63) is 69.8 Å². The zero-order chi connectivity index (χ0) is 17.7. The largest absolute Gasteiger partial charge is 0.289 e. The first-order valence-corrected chi connectivity index (χ1v) is 8.47. The van der Waals surface area contributed by atoms with Crippen LogP contribution in [0.3, 0.4) is 0 Å². The molecular weight excluding hydrogens is 330 g/mol. The molecule has 24 heavy (non-hydrogen) atoms. The highest BCUT2D eigenvalue weighted by molar-refractivity contribution is 7.89. The van der Waals surface area contributed by atoms with Crippen LogP contribution in [0, 0.1) is 28.4 Å². The molecule has 8 heteroatoms. The van der Waals surface area contributed by atoms with Gasteiger partial charge in [0.15, 0.2) is 4.90 Å². The van der Waals surface area contributed by atoms with Crippen LogP contribution < -0.4 is 0 Å². The molecule has 0 amide bonds. The lowest BCUT2D eigenvalue weighted by Gasteiger charge is -2.20. The maximum Gasteiger partial charge on any atom is 0.289 e. The molecule has 0 heterocycles. The number of rotatable bonds is 6. The van der Waals surface area contributed by atoms with Gasteiger partial charge in [0.25, 0.3) is 15.7 Å². The van der Waals surface area contributed by atoms with Gasteiger partial charge in [-0.2, -0.15) is 9.57 Å². The van der Waals surface area contributed by atoms with Crippen LogP contribution in [0.2, 0.25) is 0 Å². The second-order valence-corrected chi connectivity index (χ2v) is 6.97. The maximum absolute atomic E-state index is 12.9. The molecule has 0 N–H and O–H groups in total. The van der Waals surface area contributed by atoms with Crippen molar-refractivity contribution in [2.45, 2.75) is 18.4 Å². The maximum atomic E-state index is 12.9. The molecule has 2 rings (SSSR count). The van der Waals surface area contributed by atoms with Crippen LogP contribution in [-0.2, 0) is 16.6 Å². The standard InChI is InChI=1S/C16H15N3O4S/c1-13-6-5-9-15(19(20)21)16(13)24(22,23)18(11-10-17)12-14-7-3-2-4-8-14/h2-9H,11-12H2,1H3. The van der Waals surface area contributed by atoms with Crippen LogP contribution >= 0.6 is 0 Å². The number of hydrogen-bond acceptors (Lipinski definition) is 5. The van der Waals surface area contributed by atoms with Crippen molar-refractivity contribution in [1.29, 1.82) is 5.26 Å². The summed E-state index contributed by atoms with van der Waals surface area (Å²) in [6.07, 6.45) is 0. The third kappa shape index (κ3) is 3.59. The van der Waals surface area contributed by atoms with Gasteiger partial charge in [0, 0.05) is 12.6 Å². The first-order chi connectivity index (χ1) is 11.4. The molecule has 0 spiro atoms. The van der Waals surface area contributed by atoms with Gasteiger partial charge in [-0.3, -0.25) is 10.1 Å². The highest BCUT2D eigenvalue weighted by Crippen LogP contribution is 2.30. The second kappa shape index (κ2) is 7.21. The monoisotopic (exact) mass is 345 g/mol. The number of hydrogen-bond donors (Lipinski definition) is 0. The third-order valence-electron chi connectivity index (χ3n) is 3.43. The Bertz CT molecular complexity index is 889. The molecule has 0 atom stereocenters. The predicted molar refractivity (Wildman–Crippen MR) is 87.5 cm³/mol. The SMILES string of the molecule is Cc1cccc([N+](=O)[O-])c1S(=O)(=O)N(CC#N)Cc1ccccc1. The van der Waals surface area contributed by atoms with Crippen LogP contribution in [0.1, 0.15) is 11.1 Å². The number of nitro groups is 1. The van der Waals surface area contributed by atoms with E-state index in [1.165, 1.54) is 19.1 Å². The fraction of sp³-hybridized carbons (Fsp3) is 0.188. The van der Waals surface area contributed by atoms with Crippen LogP contribution in [0.5, 0.6) is 0 Å². The Labute approximate surface area is 140 Å². The molecule has 0 bridgehead atoms. The molecule has 124 valence electrons. The van der Waals surface area contributed by atoms with E-state index < -0.39 is 27.2 Å². The topological polar surface area (TPSA) is 104 Å². The molecule has 2 aromatic rings. The zero-order valence-electron chi connectivity index (χ0n) is 12.9. The molecule has 7 nitrogen and oxygen atoms in total. The molecular formula is C16H15N3O4S. The molecule has 0 saturated carbocycles. The predicted octanol–water partition coefficient (Wildman–Crippen LogP) is 2.62. The van der Waals surface area contributed by atoms with Crippen molar-refractivity contribution in [1.82, 2.24) is 4.31 Å². The summed E-state index contributed by atoms with van der Waals surface area (Å²) in [6, 6.07) is 14.6. The fourth-order valence-electron chi connectivity index (χ4n) is 2.34. The zero-order valence-corrected chi connectivity index (χ0v) is 13.7. The Balaban J connectivity index is 2.54. The minimum atomic E-state index is -4.20. The first kappa shape index (κ1) is 17.6. The van der Waals surface area contributed by atoms with Gasteiger partial charge in [-0.15, -0.1) is 0 Å². The van der Waals surface area contributed by atoms with E-state index in [1.807, 2.05) is 6.07 Å². The van der Waals surface area contributed by atoms with Gasteiger partial charge in [-0.25, -0.2) is 8.42 Å². The molecule has 0 saturated heterocycles. The molecule has 0 unspecified atom stereocenters. The number of nitrogens with zero attached hydrogens (tertiary/aromatic N) is 3. The van der Waals surface area contributed by atoms with Gasteiger partial charge < -0.3 is 0 Å². The lowest BCUT2D eigenvalue weighted by atomic mass is 10.2. The first-order valence-electron chi connectivity index (χ1n) is 7.03. The average molecular weight is 345 g/mol. The Morgan fingerprint density at radius 2 is 1.83 bits per heavy atom. The lowest BCUT2D eigenvalue weighted by molar-refractivity contribution is -0.387. The number of nitro benzene ring substituents is 1. The summed E-state index contributed by atoms with van der Waals surface area (Å²) in [5.74, 6) is 0. The van der Waals surface area contributed by atoms with Crippen LogP contribution in [0.4, 0.5) is 5.69 Å². The highest BCUT2D eigenvalue weighted by atomic mass is 32.2. The minimum Gasteiger partial charge on any atom is -0.258 e. The van der Waals surface area contributed by atoms with E-state index in [9.17, 15) is 18.5 Å². The van der Waals surface area contributed by atoms with Crippen molar-refractivity contribution in [3.63, 3.8) is 0 Å². The summed E-state index contributed by atoms with van der Waals surface area (Å²) >= 11 is 0. The molecule has 0 fully saturated rings. The van der Waals surface area contributed by atoms with E-state index in [-0.39, 0.29) is 17.0 Å². The average Bonchev–Trinajstić information content (AvgIpc) is 2.55. The van der Waals surface area contributed by atoms with Gasteiger partial charge in [0.05, 0.1) is 11.0 Å². The van der Waals surface area contributed by atoms with E-state index in [0.29, 0.717) is 5.56 Å². The van der Waals surface area contributed by atoms with Crippen molar-refractivity contribution < 1.29 is 13.3 Å². The van der Waals surface area contributed by atoms with Gasteiger partial charge >= 0.3 is 0 Å². The summed E-state index contributed by atoms with van der Waals surface area (Å²) in [5.41, 5.74) is 0.457. The van der Waals surface area contributed by atoms with Crippen molar-refractivity contribution in [2.24, 2.45) is 0 Å². The number of sulfonamides is 1.